The van der Waals surface area contributed by atoms with Crippen molar-refractivity contribution in [3.05, 3.63) is 59.5 Å². The third-order valence-corrected chi connectivity index (χ3v) is 6.46. The Morgan fingerprint density at radius 1 is 0.939 bits per heavy atom. The SMILES string of the molecule is O=C(C1CCN(c2ccc(C(F)(F)F)cn2)CC1)N1CCCN(Cc2ccc(F)cc2)CC1. The zero-order valence-electron chi connectivity index (χ0n) is 18.4. The lowest BCUT2D eigenvalue weighted by atomic mass is 9.95. The Kier molecular flexibility index (Phi) is 7.17. The predicted octanol–water partition coefficient (Wildman–Crippen LogP) is 4.19. The van der Waals surface area contributed by atoms with E-state index >= 15 is 0 Å². The van der Waals surface area contributed by atoms with Crippen molar-refractivity contribution in [3.8, 4) is 0 Å². The van der Waals surface area contributed by atoms with Gasteiger partial charge in [0, 0.05) is 57.9 Å². The molecule has 9 heteroatoms. The number of piperidine rings is 1. The number of alkyl halides is 3. The molecule has 0 radical (unpaired) electrons. The van der Waals surface area contributed by atoms with Crippen LogP contribution in [-0.4, -0.2) is 60.0 Å². The van der Waals surface area contributed by atoms with Crippen molar-refractivity contribution < 1.29 is 22.4 Å². The smallest absolute Gasteiger partial charge is 0.357 e. The van der Waals surface area contributed by atoms with Crippen molar-refractivity contribution >= 4 is 11.7 Å². The molecule has 0 unspecified atom stereocenters. The maximum Gasteiger partial charge on any atom is 0.417 e. The number of carbonyl (C=O) groups is 1. The molecule has 1 aromatic carbocycles. The van der Waals surface area contributed by atoms with Crippen LogP contribution >= 0.6 is 0 Å². The number of benzene rings is 1. The number of rotatable bonds is 4. The monoisotopic (exact) mass is 464 g/mol. The standard InChI is InChI=1S/C24H28F4N4O/c25-21-5-2-18(3-6-21)17-30-10-1-11-32(15-14-30)23(33)19-8-12-31(13-9-19)22-7-4-20(16-29-22)24(26,27)28/h2-7,16,19H,1,8-15,17H2. The lowest BCUT2D eigenvalue weighted by molar-refractivity contribution is -0.138. The quantitative estimate of drug-likeness (QED) is 0.637. The number of anilines is 1. The van der Waals surface area contributed by atoms with E-state index < -0.39 is 11.7 Å². The zero-order valence-corrected chi connectivity index (χ0v) is 18.4. The van der Waals surface area contributed by atoms with Gasteiger partial charge in [-0.1, -0.05) is 12.1 Å². The number of carbonyl (C=O) groups excluding carboxylic acids is 1. The Morgan fingerprint density at radius 2 is 1.67 bits per heavy atom. The first-order valence-corrected chi connectivity index (χ1v) is 11.3. The molecule has 0 aliphatic carbocycles. The number of pyridine rings is 1. The molecule has 33 heavy (non-hydrogen) atoms. The Labute approximate surface area is 191 Å². The third-order valence-electron chi connectivity index (χ3n) is 6.46. The van der Waals surface area contributed by atoms with Crippen LogP contribution in [0.4, 0.5) is 23.4 Å². The summed E-state index contributed by atoms with van der Waals surface area (Å²) in [5.41, 5.74) is 0.298. The molecule has 4 rings (SSSR count). The van der Waals surface area contributed by atoms with Crippen LogP contribution in [0.15, 0.2) is 42.6 Å². The lowest BCUT2D eigenvalue weighted by Crippen LogP contribution is -2.44. The minimum Gasteiger partial charge on any atom is -0.357 e. The average molecular weight is 465 g/mol. The van der Waals surface area contributed by atoms with Crippen LogP contribution in [0, 0.1) is 11.7 Å². The van der Waals surface area contributed by atoms with Gasteiger partial charge in [-0.3, -0.25) is 9.69 Å². The average Bonchev–Trinajstić information content (AvgIpc) is 3.05. The second-order valence-electron chi connectivity index (χ2n) is 8.75. The Balaban J connectivity index is 1.26. The van der Waals surface area contributed by atoms with Crippen LogP contribution in [0.2, 0.25) is 0 Å². The normalized spacial score (nSPS) is 18.9. The fraction of sp³-hybridized carbons (Fsp3) is 0.500. The van der Waals surface area contributed by atoms with E-state index in [1.54, 1.807) is 12.1 Å². The van der Waals surface area contributed by atoms with E-state index in [0.717, 1.165) is 50.4 Å². The number of nitrogens with zero attached hydrogens (tertiary/aromatic N) is 4. The summed E-state index contributed by atoms with van der Waals surface area (Å²) in [4.78, 5) is 23.3. The minimum absolute atomic E-state index is 0.0700. The first-order chi connectivity index (χ1) is 15.8. The molecule has 1 aromatic heterocycles. The van der Waals surface area contributed by atoms with Gasteiger partial charge in [-0.2, -0.15) is 13.2 Å². The number of hydrogen-bond acceptors (Lipinski definition) is 4. The molecule has 178 valence electrons. The predicted molar refractivity (Wildman–Crippen MR) is 117 cm³/mol. The van der Waals surface area contributed by atoms with Crippen LogP contribution in [0.5, 0.6) is 0 Å². The molecule has 2 fully saturated rings. The second-order valence-corrected chi connectivity index (χ2v) is 8.75. The maximum atomic E-state index is 13.1. The highest BCUT2D eigenvalue weighted by molar-refractivity contribution is 5.79. The molecule has 2 aromatic rings. The molecular weight excluding hydrogens is 436 g/mol. The van der Waals surface area contributed by atoms with Crippen LogP contribution < -0.4 is 4.90 Å². The van der Waals surface area contributed by atoms with Gasteiger partial charge >= 0.3 is 6.18 Å². The molecule has 0 bridgehead atoms. The van der Waals surface area contributed by atoms with E-state index in [-0.39, 0.29) is 17.6 Å². The van der Waals surface area contributed by atoms with Crippen molar-refractivity contribution in [1.82, 2.24) is 14.8 Å². The fourth-order valence-electron chi connectivity index (χ4n) is 4.55. The lowest BCUT2D eigenvalue weighted by Gasteiger charge is -2.34. The van der Waals surface area contributed by atoms with E-state index in [4.69, 9.17) is 0 Å². The summed E-state index contributed by atoms with van der Waals surface area (Å²) in [6.07, 6.45) is -1.32. The summed E-state index contributed by atoms with van der Waals surface area (Å²) >= 11 is 0. The van der Waals surface area contributed by atoms with Crippen LogP contribution in [0.1, 0.15) is 30.4 Å². The number of aromatic nitrogens is 1. The topological polar surface area (TPSA) is 39.7 Å². The largest absolute Gasteiger partial charge is 0.417 e. The highest BCUT2D eigenvalue weighted by atomic mass is 19.4. The summed E-state index contributed by atoms with van der Waals surface area (Å²) in [5, 5.41) is 0. The molecule has 5 nitrogen and oxygen atoms in total. The van der Waals surface area contributed by atoms with Crippen molar-refractivity contribution in [2.75, 3.05) is 44.2 Å². The number of halogens is 4. The summed E-state index contributed by atoms with van der Waals surface area (Å²) < 4.78 is 51.4. The fourth-order valence-corrected chi connectivity index (χ4v) is 4.55. The molecule has 0 saturated carbocycles. The van der Waals surface area contributed by atoms with Crippen molar-refractivity contribution in [2.24, 2.45) is 5.92 Å². The molecule has 0 N–H and O–H groups in total. The van der Waals surface area contributed by atoms with Crippen molar-refractivity contribution in [3.63, 3.8) is 0 Å². The highest BCUT2D eigenvalue weighted by Gasteiger charge is 2.32. The molecule has 0 atom stereocenters. The highest BCUT2D eigenvalue weighted by Crippen LogP contribution is 2.30. The van der Waals surface area contributed by atoms with Crippen molar-refractivity contribution in [1.29, 1.82) is 0 Å². The second kappa shape index (κ2) is 10.1. The molecule has 2 aliphatic rings. The maximum absolute atomic E-state index is 13.1. The molecule has 0 spiro atoms. The van der Waals surface area contributed by atoms with Gasteiger partial charge in [0.15, 0.2) is 0 Å². The molecule has 2 aliphatic heterocycles. The molecule has 1 amide bonds. The zero-order chi connectivity index (χ0) is 23.4. The Bertz CT molecular complexity index is 925. The van der Waals surface area contributed by atoms with Crippen LogP contribution in [0.3, 0.4) is 0 Å². The van der Waals surface area contributed by atoms with Crippen molar-refractivity contribution in [2.45, 2.75) is 32.0 Å². The van der Waals surface area contributed by atoms with Crippen LogP contribution in [-0.2, 0) is 17.5 Å². The Hall–Kier alpha value is -2.68. The van der Waals surface area contributed by atoms with E-state index in [2.05, 4.69) is 9.88 Å². The van der Waals surface area contributed by atoms with Crippen LogP contribution in [0.25, 0.3) is 0 Å². The Morgan fingerprint density at radius 3 is 2.30 bits per heavy atom. The number of hydrogen-bond donors (Lipinski definition) is 0. The van der Waals surface area contributed by atoms with E-state index in [1.807, 2.05) is 9.80 Å². The van der Waals surface area contributed by atoms with Gasteiger partial charge in [-0.15, -0.1) is 0 Å². The van der Waals surface area contributed by atoms with Gasteiger partial charge in [0.05, 0.1) is 5.56 Å². The van der Waals surface area contributed by atoms with Gasteiger partial charge in [0.1, 0.15) is 11.6 Å². The van der Waals surface area contributed by atoms with Gasteiger partial charge in [0.2, 0.25) is 5.91 Å². The molecule has 3 heterocycles. The summed E-state index contributed by atoms with van der Waals surface area (Å²) in [6, 6.07) is 8.97. The van der Waals surface area contributed by atoms with Gasteiger partial charge < -0.3 is 9.80 Å². The van der Waals surface area contributed by atoms with E-state index in [0.29, 0.717) is 38.3 Å². The third kappa shape index (κ3) is 6.01. The molecule has 2 saturated heterocycles. The van der Waals surface area contributed by atoms with Gasteiger partial charge in [-0.25, -0.2) is 9.37 Å². The minimum atomic E-state index is -4.40. The molecular formula is C24H28F4N4O. The summed E-state index contributed by atoms with van der Waals surface area (Å²) in [6.45, 7) is 4.98. The number of amides is 1. The summed E-state index contributed by atoms with van der Waals surface area (Å²) in [5.74, 6) is 0.365. The van der Waals surface area contributed by atoms with E-state index in [9.17, 15) is 22.4 Å². The van der Waals surface area contributed by atoms with E-state index in [1.165, 1.54) is 18.2 Å². The first-order valence-electron chi connectivity index (χ1n) is 11.3. The first kappa shape index (κ1) is 23.5. The summed E-state index contributed by atoms with van der Waals surface area (Å²) in [7, 11) is 0. The van der Waals surface area contributed by atoms with Gasteiger partial charge in [0.25, 0.3) is 0 Å². The van der Waals surface area contributed by atoms with Gasteiger partial charge in [-0.05, 0) is 49.1 Å².